The second kappa shape index (κ2) is 7.72. The predicted molar refractivity (Wildman–Crippen MR) is 116 cm³/mol. The van der Waals surface area contributed by atoms with E-state index in [2.05, 4.69) is 0 Å². The van der Waals surface area contributed by atoms with Crippen LogP contribution in [-0.2, 0) is 6.54 Å². The summed E-state index contributed by atoms with van der Waals surface area (Å²) in [5.41, 5.74) is 4.51. The number of thiazole rings is 1. The average molecular weight is 407 g/mol. The number of methoxy groups -OCH3 is 1. The first-order valence-electron chi connectivity index (χ1n) is 9.33. The number of furan rings is 1. The molecule has 0 saturated carbocycles. The Bertz CT molecular complexity index is 1180. The van der Waals surface area contributed by atoms with Gasteiger partial charge in [-0.15, -0.1) is 0 Å². The third kappa shape index (κ3) is 3.63. The van der Waals surface area contributed by atoms with Crippen LogP contribution in [0.1, 0.15) is 32.8 Å². The summed E-state index contributed by atoms with van der Waals surface area (Å²) in [7, 11) is 1.63. The molecule has 29 heavy (non-hydrogen) atoms. The summed E-state index contributed by atoms with van der Waals surface area (Å²) in [5, 5.41) is 0.620. The highest BCUT2D eigenvalue weighted by molar-refractivity contribution is 7.22. The summed E-state index contributed by atoms with van der Waals surface area (Å²) in [5.74, 6) is 1.30. The molecule has 0 aliphatic carbocycles. The highest BCUT2D eigenvalue weighted by atomic mass is 32.1. The lowest BCUT2D eigenvalue weighted by molar-refractivity contribution is 0.0982. The van der Waals surface area contributed by atoms with Gasteiger partial charge in [0.05, 0.1) is 24.6 Å². The molecule has 0 bridgehead atoms. The smallest absolute Gasteiger partial charge is 0.260 e. The molecular weight excluding hydrogens is 384 g/mol. The predicted octanol–water partition coefficient (Wildman–Crippen LogP) is 5.67. The molecule has 0 spiro atoms. The Labute approximate surface area is 173 Å². The molecule has 2 aromatic carbocycles. The second-order valence-electron chi connectivity index (χ2n) is 7.05. The van der Waals surface area contributed by atoms with Crippen molar-refractivity contribution in [2.75, 3.05) is 12.0 Å². The van der Waals surface area contributed by atoms with Gasteiger partial charge in [-0.1, -0.05) is 35.1 Å². The van der Waals surface area contributed by atoms with Crippen LogP contribution in [0.3, 0.4) is 0 Å². The van der Waals surface area contributed by atoms with Gasteiger partial charge in [-0.25, -0.2) is 4.98 Å². The summed E-state index contributed by atoms with van der Waals surface area (Å²) in [4.78, 5) is 20.0. The van der Waals surface area contributed by atoms with E-state index in [-0.39, 0.29) is 5.91 Å². The molecular formula is C23H22N2O3S. The first kappa shape index (κ1) is 19.2. The molecule has 0 aliphatic heterocycles. The number of rotatable bonds is 5. The van der Waals surface area contributed by atoms with Gasteiger partial charge >= 0.3 is 0 Å². The Hall–Kier alpha value is -3.12. The SMILES string of the molecule is COc1ccc(C)c2sc(N(Cc3ccco3)C(=O)c3cc(C)ccc3C)nc12. The van der Waals surface area contributed by atoms with E-state index in [1.807, 2.05) is 63.2 Å². The molecule has 0 N–H and O–H groups in total. The van der Waals surface area contributed by atoms with Gasteiger partial charge in [0.15, 0.2) is 5.13 Å². The number of hydrogen-bond acceptors (Lipinski definition) is 5. The Morgan fingerprint density at radius 1 is 1.14 bits per heavy atom. The molecule has 0 fully saturated rings. The van der Waals surface area contributed by atoms with Crippen LogP contribution in [0.25, 0.3) is 10.2 Å². The minimum Gasteiger partial charge on any atom is -0.494 e. The number of anilines is 1. The van der Waals surface area contributed by atoms with Crippen LogP contribution in [0.4, 0.5) is 5.13 Å². The fourth-order valence-corrected chi connectivity index (χ4v) is 4.32. The molecule has 0 aliphatic rings. The number of amides is 1. The Morgan fingerprint density at radius 2 is 1.93 bits per heavy atom. The molecule has 0 atom stereocenters. The van der Waals surface area contributed by atoms with E-state index in [9.17, 15) is 4.79 Å². The maximum absolute atomic E-state index is 13.6. The molecule has 6 heteroatoms. The van der Waals surface area contributed by atoms with Gasteiger partial charge in [0.1, 0.15) is 17.0 Å². The summed E-state index contributed by atoms with van der Waals surface area (Å²) >= 11 is 1.49. The first-order valence-corrected chi connectivity index (χ1v) is 10.1. The molecule has 4 rings (SSSR count). The van der Waals surface area contributed by atoms with Gasteiger partial charge in [-0.05, 0) is 56.2 Å². The van der Waals surface area contributed by atoms with Crippen LogP contribution in [0.2, 0.25) is 0 Å². The van der Waals surface area contributed by atoms with E-state index < -0.39 is 0 Å². The lowest BCUT2D eigenvalue weighted by Gasteiger charge is -2.20. The largest absolute Gasteiger partial charge is 0.494 e. The second-order valence-corrected chi connectivity index (χ2v) is 8.03. The minimum atomic E-state index is -0.0988. The van der Waals surface area contributed by atoms with Crippen LogP contribution in [0.15, 0.2) is 53.1 Å². The van der Waals surface area contributed by atoms with Crippen molar-refractivity contribution in [3.63, 3.8) is 0 Å². The normalized spacial score (nSPS) is 11.0. The van der Waals surface area contributed by atoms with Crippen LogP contribution >= 0.6 is 11.3 Å². The average Bonchev–Trinajstić information content (AvgIpc) is 3.38. The van der Waals surface area contributed by atoms with Crippen LogP contribution in [-0.4, -0.2) is 18.0 Å². The number of carbonyl (C=O) groups is 1. The number of nitrogens with zero attached hydrogens (tertiary/aromatic N) is 2. The maximum Gasteiger partial charge on any atom is 0.260 e. The monoisotopic (exact) mass is 406 g/mol. The Balaban J connectivity index is 1.85. The summed E-state index contributed by atoms with van der Waals surface area (Å²) in [6.07, 6.45) is 1.61. The van der Waals surface area contributed by atoms with Gasteiger partial charge in [-0.3, -0.25) is 9.69 Å². The molecule has 0 unspecified atom stereocenters. The first-order chi connectivity index (χ1) is 14.0. The molecule has 1 amide bonds. The third-order valence-electron chi connectivity index (χ3n) is 4.91. The fourth-order valence-electron chi connectivity index (χ4n) is 3.27. The highest BCUT2D eigenvalue weighted by Gasteiger charge is 2.25. The quantitative estimate of drug-likeness (QED) is 0.428. The Morgan fingerprint density at radius 3 is 2.66 bits per heavy atom. The number of aryl methyl sites for hydroxylation is 3. The molecule has 2 aromatic heterocycles. The van der Waals surface area contributed by atoms with Gasteiger partial charge in [0.2, 0.25) is 0 Å². The molecule has 5 nitrogen and oxygen atoms in total. The van der Waals surface area contributed by atoms with E-state index in [0.717, 1.165) is 26.9 Å². The van der Waals surface area contributed by atoms with Crippen LogP contribution in [0.5, 0.6) is 5.75 Å². The zero-order valence-electron chi connectivity index (χ0n) is 16.9. The topological polar surface area (TPSA) is 55.6 Å². The molecule has 0 radical (unpaired) electrons. The van der Waals surface area contributed by atoms with Crippen molar-refractivity contribution in [3.05, 3.63) is 76.7 Å². The maximum atomic E-state index is 13.6. The standard InChI is InChI=1S/C23H22N2O3S/c1-14-7-8-15(2)18(12-14)22(26)25(13-17-6-5-11-28-17)23-24-20-19(27-4)10-9-16(3)21(20)29-23/h5-12H,13H2,1-4H3. The molecule has 0 saturated heterocycles. The summed E-state index contributed by atoms with van der Waals surface area (Å²) in [6.45, 7) is 6.27. The zero-order chi connectivity index (χ0) is 20.5. The lowest BCUT2D eigenvalue weighted by Crippen LogP contribution is -2.30. The van der Waals surface area contributed by atoms with E-state index >= 15 is 0 Å². The number of aromatic nitrogens is 1. The molecule has 2 heterocycles. The van der Waals surface area contributed by atoms with Crippen molar-refractivity contribution >= 4 is 32.6 Å². The van der Waals surface area contributed by atoms with Gasteiger partial charge in [0, 0.05) is 5.56 Å². The van der Waals surface area contributed by atoms with Crippen molar-refractivity contribution in [2.24, 2.45) is 0 Å². The fraction of sp³-hybridized carbons (Fsp3) is 0.217. The molecule has 148 valence electrons. The Kier molecular flexibility index (Phi) is 5.11. The number of hydrogen-bond donors (Lipinski definition) is 0. The minimum absolute atomic E-state index is 0.0988. The van der Waals surface area contributed by atoms with Gasteiger partial charge in [-0.2, -0.15) is 0 Å². The number of benzene rings is 2. The van der Waals surface area contributed by atoms with Gasteiger partial charge < -0.3 is 9.15 Å². The van der Waals surface area contributed by atoms with Crippen molar-refractivity contribution in [3.8, 4) is 5.75 Å². The van der Waals surface area contributed by atoms with E-state index in [1.165, 1.54) is 11.3 Å². The number of ether oxygens (including phenoxy) is 1. The van der Waals surface area contributed by atoms with Crippen molar-refractivity contribution in [1.82, 2.24) is 4.98 Å². The zero-order valence-corrected chi connectivity index (χ0v) is 17.7. The summed E-state index contributed by atoms with van der Waals surface area (Å²) in [6, 6.07) is 13.5. The molecule has 4 aromatic rings. The van der Waals surface area contributed by atoms with Crippen LogP contribution in [0, 0.1) is 20.8 Å². The van der Waals surface area contributed by atoms with E-state index in [0.29, 0.717) is 28.7 Å². The summed E-state index contributed by atoms with van der Waals surface area (Å²) < 4.78 is 12.0. The van der Waals surface area contributed by atoms with Crippen molar-refractivity contribution in [2.45, 2.75) is 27.3 Å². The lowest BCUT2D eigenvalue weighted by atomic mass is 10.0. The number of carbonyl (C=O) groups excluding carboxylic acids is 1. The van der Waals surface area contributed by atoms with Crippen molar-refractivity contribution in [1.29, 1.82) is 0 Å². The van der Waals surface area contributed by atoms with E-state index in [4.69, 9.17) is 14.1 Å². The van der Waals surface area contributed by atoms with E-state index in [1.54, 1.807) is 18.3 Å². The number of fused-ring (bicyclic) bond motifs is 1. The van der Waals surface area contributed by atoms with Crippen LogP contribution < -0.4 is 9.64 Å². The van der Waals surface area contributed by atoms with Gasteiger partial charge in [0.25, 0.3) is 5.91 Å². The highest BCUT2D eigenvalue weighted by Crippen LogP contribution is 2.37. The van der Waals surface area contributed by atoms with Crippen molar-refractivity contribution < 1.29 is 13.9 Å². The third-order valence-corrected chi connectivity index (χ3v) is 6.12.